The number of nitrogens with zero attached hydrogens (tertiary/aromatic N) is 1. The van der Waals surface area contributed by atoms with Crippen molar-refractivity contribution in [2.45, 2.75) is 26.8 Å². The van der Waals surface area contributed by atoms with Crippen molar-refractivity contribution in [2.75, 3.05) is 11.4 Å². The van der Waals surface area contributed by atoms with E-state index in [-0.39, 0.29) is 11.8 Å². The molecule has 1 atom stereocenters. The number of hydrogen-bond acceptors (Lipinski definition) is 2. The van der Waals surface area contributed by atoms with Gasteiger partial charge in [-0.1, -0.05) is 37.6 Å². The third-order valence-electron chi connectivity index (χ3n) is 3.01. The van der Waals surface area contributed by atoms with Crippen LogP contribution in [0.5, 0.6) is 0 Å². The highest BCUT2D eigenvalue weighted by Crippen LogP contribution is 2.41. The van der Waals surface area contributed by atoms with E-state index < -0.39 is 6.04 Å². The van der Waals surface area contributed by atoms with Crippen LogP contribution in [0.1, 0.15) is 32.4 Å². The maximum absolute atomic E-state index is 12.4. The van der Waals surface area contributed by atoms with Crippen LogP contribution >= 0.6 is 11.6 Å². The van der Waals surface area contributed by atoms with Gasteiger partial charge in [0.2, 0.25) is 5.91 Å². The number of halogens is 1. The number of anilines is 1. The average molecular weight is 281 g/mol. The van der Waals surface area contributed by atoms with E-state index in [1.54, 1.807) is 17.0 Å². The molecule has 1 N–H and O–H groups in total. The van der Waals surface area contributed by atoms with E-state index in [4.69, 9.17) is 11.6 Å². The Kier molecular flexibility index (Phi) is 3.80. The summed E-state index contributed by atoms with van der Waals surface area (Å²) in [5.74, 6) is -0.0215. The molecule has 0 fully saturated rings. The lowest BCUT2D eigenvalue weighted by Gasteiger charge is -2.21. The van der Waals surface area contributed by atoms with Crippen LogP contribution < -0.4 is 10.2 Å². The highest BCUT2D eigenvalue weighted by Gasteiger charge is 2.39. The van der Waals surface area contributed by atoms with Gasteiger partial charge < -0.3 is 10.2 Å². The monoisotopic (exact) mass is 280 g/mol. The molecule has 19 heavy (non-hydrogen) atoms. The molecule has 2 amide bonds. The summed E-state index contributed by atoms with van der Waals surface area (Å²) in [4.78, 5) is 25.4. The lowest BCUT2D eigenvalue weighted by Crippen LogP contribution is -2.38. The first-order valence-corrected chi connectivity index (χ1v) is 6.66. The SMILES string of the molecule is CC(=O)NC1C(=O)N(CC(C)C)c2c(Cl)cccc21. The van der Waals surface area contributed by atoms with Crippen molar-refractivity contribution >= 4 is 29.1 Å². The zero-order valence-corrected chi connectivity index (χ0v) is 12.0. The van der Waals surface area contributed by atoms with Crippen LogP contribution in [0.15, 0.2) is 18.2 Å². The van der Waals surface area contributed by atoms with Crippen molar-refractivity contribution in [3.05, 3.63) is 28.8 Å². The molecule has 1 aromatic rings. The minimum atomic E-state index is -0.620. The molecule has 2 rings (SSSR count). The molecule has 5 heteroatoms. The fourth-order valence-electron chi connectivity index (χ4n) is 2.34. The van der Waals surface area contributed by atoms with E-state index in [1.807, 2.05) is 19.9 Å². The molecule has 0 aromatic heterocycles. The predicted molar refractivity (Wildman–Crippen MR) is 75.2 cm³/mol. The van der Waals surface area contributed by atoms with Crippen LogP contribution in [-0.2, 0) is 9.59 Å². The molecule has 1 aliphatic heterocycles. The fourth-order valence-corrected chi connectivity index (χ4v) is 2.62. The van der Waals surface area contributed by atoms with Crippen LogP contribution in [0.4, 0.5) is 5.69 Å². The molecule has 0 radical (unpaired) electrons. The Morgan fingerprint density at radius 1 is 1.47 bits per heavy atom. The summed E-state index contributed by atoms with van der Waals surface area (Å²) in [5, 5.41) is 3.23. The molecule has 102 valence electrons. The molecule has 0 saturated heterocycles. The normalized spacial score (nSPS) is 17.8. The molecule has 1 heterocycles. The molecular weight excluding hydrogens is 264 g/mol. The largest absolute Gasteiger partial charge is 0.341 e. The summed E-state index contributed by atoms with van der Waals surface area (Å²) >= 11 is 6.21. The van der Waals surface area contributed by atoms with Crippen molar-refractivity contribution in [3.8, 4) is 0 Å². The zero-order valence-electron chi connectivity index (χ0n) is 11.2. The summed E-state index contributed by atoms with van der Waals surface area (Å²) in [6, 6.07) is 4.77. The maximum Gasteiger partial charge on any atom is 0.254 e. The fraction of sp³-hybridized carbons (Fsp3) is 0.429. The molecule has 0 aliphatic carbocycles. The van der Waals surface area contributed by atoms with Gasteiger partial charge in [0.25, 0.3) is 5.91 Å². The highest BCUT2D eigenvalue weighted by atomic mass is 35.5. The number of carbonyl (C=O) groups excluding carboxylic acids is 2. The van der Waals surface area contributed by atoms with Gasteiger partial charge in [-0.15, -0.1) is 0 Å². The Labute approximate surface area is 117 Å². The average Bonchev–Trinajstić information content (AvgIpc) is 2.55. The Bertz CT molecular complexity index is 528. The van der Waals surface area contributed by atoms with Gasteiger partial charge in [-0.05, 0) is 12.0 Å². The van der Waals surface area contributed by atoms with E-state index in [9.17, 15) is 9.59 Å². The molecular formula is C14H17ClN2O2. The van der Waals surface area contributed by atoms with Crippen LogP contribution in [0.25, 0.3) is 0 Å². The van der Waals surface area contributed by atoms with Gasteiger partial charge in [-0.2, -0.15) is 0 Å². The first-order chi connectivity index (χ1) is 8.91. The minimum Gasteiger partial charge on any atom is -0.341 e. The molecule has 1 aromatic carbocycles. The van der Waals surface area contributed by atoms with E-state index >= 15 is 0 Å². The summed E-state index contributed by atoms with van der Waals surface area (Å²) in [7, 11) is 0. The van der Waals surface area contributed by atoms with Crippen molar-refractivity contribution in [1.29, 1.82) is 0 Å². The van der Waals surface area contributed by atoms with Crippen LogP contribution in [0.3, 0.4) is 0 Å². The molecule has 0 spiro atoms. The second kappa shape index (κ2) is 5.21. The number of benzene rings is 1. The summed E-state index contributed by atoms with van der Waals surface area (Å²) in [6.07, 6.45) is 0. The van der Waals surface area contributed by atoms with Crippen molar-refractivity contribution in [2.24, 2.45) is 5.92 Å². The summed E-state index contributed by atoms with van der Waals surface area (Å²) in [6.45, 7) is 6.07. The second-order valence-electron chi connectivity index (χ2n) is 5.15. The van der Waals surface area contributed by atoms with E-state index in [1.165, 1.54) is 6.92 Å². The summed E-state index contributed by atoms with van der Waals surface area (Å²) in [5.41, 5.74) is 1.50. The minimum absolute atomic E-state index is 0.119. The first kappa shape index (κ1) is 13.9. The quantitative estimate of drug-likeness (QED) is 0.925. The number of para-hydroxylation sites is 1. The number of hydrogen-bond donors (Lipinski definition) is 1. The van der Waals surface area contributed by atoms with E-state index in [0.29, 0.717) is 17.5 Å². The molecule has 4 nitrogen and oxygen atoms in total. The second-order valence-corrected chi connectivity index (χ2v) is 5.56. The van der Waals surface area contributed by atoms with Gasteiger partial charge in [-0.3, -0.25) is 9.59 Å². The van der Waals surface area contributed by atoms with Crippen molar-refractivity contribution in [1.82, 2.24) is 5.32 Å². The van der Waals surface area contributed by atoms with Crippen molar-refractivity contribution in [3.63, 3.8) is 0 Å². The number of nitrogens with one attached hydrogen (secondary N) is 1. The molecule has 1 unspecified atom stereocenters. The Hall–Kier alpha value is -1.55. The van der Waals surface area contributed by atoms with Gasteiger partial charge in [-0.25, -0.2) is 0 Å². The summed E-state index contributed by atoms with van der Waals surface area (Å²) < 4.78 is 0. The van der Waals surface area contributed by atoms with Crippen LogP contribution in [-0.4, -0.2) is 18.4 Å². The topological polar surface area (TPSA) is 49.4 Å². The van der Waals surface area contributed by atoms with Gasteiger partial charge in [0.1, 0.15) is 6.04 Å². The molecule has 0 saturated carbocycles. The van der Waals surface area contributed by atoms with Crippen molar-refractivity contribution < 1.29 is 9.59 Å². The van der Waals surface area contributed by atoms with E-state index in [2.05, 4.69) is 5.32 Å². The number of carbonyl (C=O) groups is 2. The zero-order chi connectivity index (χ0) is 14.2. The van der Waals surface area contributed by atoms with E-state index in [0.717, 1.165) is 11.3 Å². The maximum atomic E-state index is 12.4. The van der Waals surface area contributed by atoms with Crippen LogP contribution in [0, 0.1) is 5.92 Å². The van der Waals surface area contributed by atoms with Gasteiger partial charge >= 0.3 is 0 Å². The van der Waals surface area contributed by atoms with Gasteiger partial charge in [0.05, 0.1) is 10.7 Å². The third kappa shape index (κ3) is 2.59. The predicted octanol–water partition coefficient (Wildman–Crippen LogP) is 2.52. The van der Waals surface area contributed by atoms with Gasteiger partial charge in [0, 0.05) is 19.0 Å². The Morgan fingerprint density at radius 2 is 2.16 bits per heavy atom. The smallest absolute Gasteiger partial charge is 0.254 e. The first-order valence-electron chi connectivity index (χ1n) is 6.28. The standard InChI is InChI=1S/C14H17ClN2O2/c1-8(2)7-17-13-10(5-4-6-11(13)15)12(14(17)19)16-9(3)18/h4-6,8,12H,7H2,1-3H3,(H,16,18). The van der Waals surface area contributed by atoms with Gasteiger partial charge in [0.15, 0.2) is 0 Å². The molecule has 1 aliphatic rings. The highest BCUT2D eigenvalue weighted by molar-refractivity contribution is 6.34. The number of amides is 2. The number of fused-ring (bicyclic) bond motifs is 1. The lowest BCUT2D eigenvalue weighted by atomic mass is 10.1. The van der Waals surface area contributed by atoms with Crippen LogP contribution in [0.2, 0.25) is 5.02 Å². The lowest BCUT2D eigenvalue weighted by molar-refractivity contribution is -0.126. The molecule has 0 bridgehead atoms. The number of rotatable bonds is 3. The Balaban J connectivity index is 2.45. The Morgan fingerprint density at radius 3 is 2.74 bits per heavy atom. The third-order valence-corrected chi connectivity index (χ3v) is 3.31.